The molecule has 1 aliphatic heterocycles. The van der Waals surface area contributed by atoms with Crippen LogP contribution in [0, 0.1) is 0 Å². The monoisotopic (exact) mass is 571 g/mol. The van der Waals surface area contributed by atoms with E-state index in [2.05, 4.69) is 5.32 Å². The third-order valence-electron chi connectivity index (χ3n) is 5.87. The molecule has 0 spiro atoms. The number of carbonyl (C=O) groups is 2. The van der Waals surface area contributed by atoms with Crippen molar-refractivity contribution in [3.8, 4) is 11.5 Å². The summed E-state index contributed by atoms with van der Waals surface area (Å²) in [7, 11) is -3.65. The molecule has 202 valence electrons. The zero-order valence-corrected chi connectivity index (χ0v) is 23.3. The quantitative estimate of drug-likeness (QED) is 0.439. The van der Waals surface area contributed by atoms with Crippen LogP contribution in [0.3, 0.4) is 0 Å². The fourth-order valence-electron chi connectivity index (χ4n) is 3.95. The van der Waals surface area contributed by atoms with Crippen molar-refractivity contribution in [1.29, 1.82) is 0 Å². The van der Waals surface area contributed by atoms with Gasteiger partial charge in [-0.2, -0.15) is 0 Å². The van der Waals surface area contributed by atoms with E-state index in [1.54, 1.807) is 50.2 Å². The summed E-state index contributed by atoms with van der Waals surface area (Å²) in [4.78, 5) is 27.3. The summed E-state index contributed by atoms with van der Waals surface area (Å²) < 4.78 is 37.5. The van der Waals surface area contributed by atoms with Crippen molar-refractivity contribution in [2.75, 3.05) is 36.9 Å². The lowest BCUT2D eigenvalue weighted by Crippen LogP contribution is -2.47. The van der Waals surface area contributed by atoms with Crippen LogP contribution in [0.25, 0.3) is 0 Å². The van der Waals surface area contributed by atoms with E-state index >= 15 is 0 Å². The second kappa shape index (κ2) is 12.7. The number of ether oxygens (including phenoxy) is 2. The molecule has 0 fully saturated rings. The number of carbonyl (C=O) groups excluding carboxylic acids is 2. The van der Waals surface area contributed by atoms with Crippen molar-refractivity contribution in [3.05, 3.63) is 52.0 Å². The summed E-state index contributed by atoms with van der Waals surface area (Å²) in [5.41, 5.74) is 0.943. The van der Waals surface area contributed by atoms with Crippen LogP contribution in [0.4, 0.5) is 5.69 Å². The number of nitrogens with zero attached hydrogens (tertiary/aromatic N) is 2. The molecule has 2 aromatic carbocycles. The van der Waals surface area contributed by atoms with Crippen molar-refractivity contribution >= 4 is 50.7 Å². The Balaban J connectivity index is 1.76. The first kappa shape index (κ1) is 28.9. The summed E-state index contributed by atoms with van der Waals surface area (Å²) >= 11 is 12.6. The molecule has 0 aliphatic carbocycles. The van der Waals surface area contributed by atoms with Gasteiger partial charge in [0, 0.05) is 47.7 Å². The molecule has 12 heteroatoms. The van der Waals surface area contributed by atoms with Crippen LogP contribution in [-0.2, 0) is 26.2 Å². The fourth-order valence-corrected chi connectivity index (χ4v) is 5.42. The first-order valence-corrected chi connectivity index (χ1v) is 14.5. The average Bonchev–Trinajstić information content (AvgIpc) is 2.85. The highest BCUT2D eigenvalue weighted by Crippen LogP contribution is 2.35. The molecule has 0 aromatic heterocycles. The molecule has 1 unspecified atom stereocenters. The number of halogens is 2. The van der Waals surface area contributed by atoms with Crippen LogP contribution in [0.1, 0.15) is 32.3 Å². The van der Waals surface area contributed by atoms with E-state index in [0.717, 1.165) is 6.26 Å². The summed E-state index contributed by atoms with van der Waals surface area (Å²) in [6, 6.07) is 9.16. The van der Waals surface area contributed by atoms with Gasteiger partial charge in [-0.25, -0.2) is 8.42 Å². The lowest BCUT2D eigenvalue weighted by molar-refractivity contribution is -0.140. The molecule has 9 nitrogen and oxygen atoms in total. The van der Waals surface area contributed by atoms with Gasteiger partial charge in [-0.3, -0.25) is 13.9 Å². The Labute approximate surface area is 227 Å². The number of likely N-dealkylation sites (N-methyl/N-ethyl adjacent to an activating group) is 1. The number of rotatable bonds is 11. The van der Waals surface area contributed by atoms with E-state index in [4.69, 9.17) is 32.7 Å². The van der Waals surface area contributed by atoms with E-state index in [1.165, 1.54) is 9.21 Å². The Morgan fingerprint density at radius 3 is 2.35 bits per heavy atom. The van der Waals surface area contributed by atoms with Crippen molar-refractivity contribution in [2.24, 2.45) is 0 Å². The smallest absolute Gasteiger partial charge is 0.242 e. The number of sulfonamides is 1. The minimum absolute atomic E-state index is 0.00237. The van der Waals surface area contributed by atoms with Gasteiger partial charge in [-0.05, 0) is 44.5 Å². The number of nitrogens with one attached hydrogen (secondary N) is 1. The van der Waals surface area contributed by atoms with Crippen LogP contribution in [0.2, 0.25) is 10.0 Å². The van der Waals surface area contributed by atoms with Gasteiger partial charge in [0.15, 0.2) is 11.5 Å². The van der Waals surface area contributed by atoms with E-state index in [1.807, 2.05) is 0 Å². The molecule has 37 heavy (non-hydrogen) atoms. The van der Waals surface area contributed by atoms with Gasteiger partial charge in [0.1, 0.15) is 19.3 Å². The molecule has 2 amide bonds. The van der Waals surface area contributed by atoms with E-state index < -0.39 is 16.1 Å². The van der Waals surface area contributed by atoms with Crippen LogP contribution < -0.4 is 19.1 Å². The normalized spacial score (nSPS) is 13.5. The zero-order chi connectivity index (χ0) is 27.2. The molecule has 3 rings (SSSR count). The summed E-state index contributed by atoms with van der Waals surface area (Å²) in [6.07, 6.45) is 1.33. The summed E-state index contributed by atoms with van der Waals surface area (Å²) in [5, 5.41) is 3.50. The Bertz CT molecular complexity index is 1220. The molecule has 1 atom stereocenters. The molecule has 0 radical (unpaired) electrons. The molecule has 1 aliphatic rings. The van der Waals surface area contributed by atoms with Crippen molar-refractivity contribution in [3.63, 3.8) is 0 Å². The second-order valence-corrected chi connectivity index (χ2v) is 11.3. The molecule has 0 saturated carbocycles. The Kier molecular flexibility index (Phi) is 9.92. The van der Waals surface area contributed by atoms with E-state index in [-0.39, 0.29) is 37.7 Å². The number of hydrogen-bond donors (Lipinski definition) is 1. The Morgan fingerprint density at radius 2 is 1.73 bits per heavy atom. The molecule has 1 heterocycles. The average molecular weight is 573 g/mol. The number of anilines is 1. The Hall–Kier alpha value is -2.69. The van der Waals surface area contributed by atoms with Gasteiger partial charge in [-0.1, -0.05) is 29.3 Å². The summed E-state index contributed by atoms with van der Waals surface area (Å²) in [6.45, 7) is 4.73. The van der Waals surface area contributed by atoms with Crippen molar-refractivity contribution in [1.82, 2.24) is 10.2 Å². The third-order valence-corrected chi connectivity index (χ3v) is 7.78. The minimum atomic E-state index is -3.65. The predicted octanol–water partition coefficient (Wildman–Crippen LogP) is 3.86. The lowest BCUT2D eigenvalue weighted by Gasteiger charge is -2.30. The van der Waals surface area contributed by atoms with Crippen LogP contribution in [0.5, 0.6) is 11.5 Å². The maximum Gasteiger partial charge on any atom is 0.242 e. The molecule has 2 aromatic rings. The minimum Gasteiger partial charge on any atom is -0.486 e. The molecule has 1 N–H and O–H groups in total. The largest absolute Gasteiger partial charge is 0.486 e. The SMILES string of the molecule is CCNC(=O)C(C)N(Cc1c(Cl)cccc1Cl)C(=O)CCCN(c1ccc2c(c1)OCCO2)S(C)(=O)=O. The highest BCUT2D eigenvalue weighted by Gasteiger charge is 2.28. The van der Waals surface area contributed by atoms with Crippen LogP contribution in [-0.4, -0.2) is 63.7 Å². The fraction of sp³-hybridized carbons (Fsp3) is 0.440. The maximum absolute atomic E-state index is 13.3. The van der Waals surface area contributed by atoms with Gasteiger partial charge in [0.25, 0.3) is 0 Å². The van der Waals surface area contributed by atoms with Crippen LogP contribution in [0.15, 0.2) is 36.4 Å². The number of benzene rings is 2. The number of hydrogen-bond acceptors (Lipinski definition) is 6. The highest BCUT2D eigenvalue weighted by atomic mass is 35.5. The van der Waals surface area contributed by atoms with Crippen LogP contribution >= 0.6 is 23.2 Å². The topological polar surface area (TPSA) is 105 Å². The van der Waals surface area contributed by atoms with Crippen molar-refractivity contribution < 1.29 is 27.5 Å². The van der Waals surface area contributed by atoms with Gasteiger partial charge < -0.3 is 19.7 Å². The molecule has 0 saturated heterocycles. The van der Waals surface area contributed by atoms with E-state index in [9.17, 15) is 18.0 Å². The first-order chi connectivity index (χ1) is 17.5. The molecular weight excluding hydrogens is 541 g/mol. The summed E-state index contributed by atoms with van der Waals surface area (Å²) in [5.74, 6) is 0.373. The van der Waals surface area contributed by atoms with Gasteiger partial charge in [0.2, 0.25) is 21.8 Å². The van der Waals surface area contributed by atoms with E-state index in [0.29, 0.717) is 52.6 Å². The van der Waals surface area contributed by atoms with Gasteiger partial charge >= 0.3 is 0 Å². The predicted molar refractivity (Wildman–Crippen MR) is 144 cm³/mol. The maximum atomic E-state index is 13.3. The standard InChI is InChI=1S/C25H31Cl2N3O6S/c1-4-28-25(32)17(2)29(16-19-20(26)7-5-8-21(19)27)24(31)9-6-12-30(37(3,33)34)18-10-11-22-23(15-18)36-14-13-35-22/h5,7-8,10-11,15,17H,4,6,9,12-14,16H2,1-3H3,(H,28,32). The van der Waals surface area contributed by atoms with Gasteiger partial charge in [0.05, 0.1) is 11.9 Å². The molecular formula is C25H31Cl2N3O6S. The number of amides is 2. The zero-order valence-electron chi connectivity index (χ0n) is 21.0. The van der Waals surface area contributed by atoms with Gasteiger partial charge in [-0.15, -0.1) is 0 Å². The molecule has 0 bridgehead atoms. The second-order valence-electron chi connectivity index (χ2n) is 8.56. The lowest BCUT2D eigenvalue weighted by atomic mass is 10.1. The van der Waals surface area contributed by atoms with Crippen molar-refractivity contribution in [2.45, 2.75) is 39.3 Å². The third kappa shape index (κ3) is 7.43. The number of fused-ring (bicyclic) bond motifs is 1. The highest BCUT2D eigenvalue weighted by molar-refractivity contribution is 7.92. The Morgan fingerprint density at radius 1 is 1.08 bits per heavy atom. The first-order valence-electron chi connectivity index (χ1n) is 11.9.